The highest BCUT2D eigenvalue weighted by Gasteiger charge is 2.22. The number of hydrogen-bond donors (Lipinski definition) is 3. The van der Waals surface area contributed by atoms with Crippen LogP contribution in [-0.4, -0.2) is 19.0 Å². The van der Waals surface area contributed by atoms with Crippen molar-refractivity contribution >= 4 is 41.1 Å². The monoisotopic (exact) mass is 325 g/mol. The lowest BCUT2D eigenvalue weighted by molar-refractivity contribution is 0.100. The summed E-state index contributed by atoms with van der Waals surface area (Å²) in [6.07, 6.45) is 0. The number of thiophene rings is 1. The zero-order chi connectivity index (χ0) is 15.6. The van der Waals surface area contributed by atoms with Gasteiger partial charge in [-0.3, -0.25) is 4.79 Å². The largest absolute Gasteiger partial charge is 0.366 e. The van der Waals surface area contributed by atoms with Gasteiger partial charge in [-0.2, -0.15) is 0 Å². The van der Waals surface area contributed by atoms with Crippen LogP contribution < -0.4 is 15.4 Å². The molecule has 0 aliphatic rings. The molecular formula is C13H12FN3O2S2. The number of benzene rings is 1. The van der Waals surface area contributed by atoms with Crippen LogP contribution >= 0.6 is 24.2 Å². The minimum absolute atomic E-state index is 0.179. The fourth-order valence-corrected chi connectivity index (χ4v) is 3.08. The van der Waals surface area contributed by atoms with Crippen LogP contribution in [0.2, 0.25) is 0 Å². The number of nitrogens with two attached hydrogens (primary N) is 1. The number of thiol groups is 1. The van der Waals surface area contributed by atoms with E-state index < -0.39 is 11.9 Å². The van der Waals surface area contributed by atoms with Crippen molar-refractivity contribution in [3.63, 3.8) is 0 Å². The zero-order valence-corrected chi connectivity index (χ0v) is 12.7. The first-order valence-corrected chi connectivity index (χ1v) is 7.06. The number of rotatable bonds is 3. The van der Waals surface area contributed by atoms with Crippen LogP contribution in [0.4, 0.5) is 14.2 Å². The molecule has 0 atom stereocenters. The number of hydrogen-bond acceptors (Lipinski definition) is 4. The van der Waals surface area contributed by atoms with Crippen LogP contribution in [0.15, 0.2) is 30.3 Å². The van der Waals surface area contributed by atoms with E-state index in [1.807, 2.05) is 0 Å². The molecule has 0 aliphatic carbocycles. The van der Waals surface area contributed by atoms with Crippen molar-refractivity contribution in [1.29, 1.82) is 0 Å². The van der Waals surface area contributed by atoms with Crippen LogP contribution in [0.1, 0.15) is 10.4 Å². The molecule has 0 spiro atoms. The van der Waals surface area contributed by atoms with Crippen molar-refractivity contribution in [2.24, 2.45) is 5.73 Å². The lowest BCUT2D eigenvalue weighted by atomic mass is 10.1. The third-order valence-electron chi connectivity index (χ3n) is 2.71. The summed E-state index contributed by atoms with van der Waals surface area (Å²) in [7, 11) is 1.45. The van der Waals surface area contributed by atoms with Gasteiger partial charge in [0.25, 0.3) is 5.91 Å². The van der Waals surface area contributed by atoms with Gasteiger partial charge in [-0.25, -0.2) is 13.5 Å². The molecule has 0 radical (unpaired) electrons. The highest BCUT2D eigenvalue weighted by molar-refractivity contribution is 7.83. The minimum Gasteiger partial charge on any atom is -0.366 e. The van der Waals surface area contributed by atoms with E-state index in [0.29, 0.717) is 15.4 Å². The third-order valence-corrected chi connectivity index (χ3v) is 4.39. The molecule has 0 unspecified atom stereocenters. The predicted octanol–water partition coefficient (Wildman–Crippen LogP) is 2.64. The van der Waals surface area contributed by atoms with E-state index in [0.717, 1.165) is 15.6 Å². The SMILES string of the molecule is CNC(=O)N(S)c1sc(-c2ccc(F)cc2)cc1C(N)=O. The summed E-state index contributed by atoms with van der Waals surface area (Å²) in [6, 6.07) is 6.86. The van der Waals surface area contributed by atoms with E-state index in [2.05, 4.69) is 18.1 Å². The second kappa shape index (κ2) is 6.15. The fourth-order valence-electron chi connectivity index (χ4n) is 1.67. The van der Waals surface area contributed by atoms with Gasteiger partial charge in [-0.15, -0.1) is 11.3 Å². The number of carbonyl (C=O) groups excluding carboxylic acids is 2. The third kappa shape index (κ3) is 3.17. The maximum atomic E-state index is 13.0. The smallest absolute Gasteiger partial charge is 0.332 e. The lowest BCUT2D eigenvalue weighted by Crippen LogP contribution is -2.31. The number of amides is 3. The molecule has 1 aromatic carbocycles. The number of anilines is 1. The predicted molar refractivity (Wildman–Crippen MR) is 84.2 cm³/mol. The summed E-state index contributed by atoms with van der Waals surface area (Å²) in [6.45, 7) is 0. The van der Waals surface area contributed by atoms with Crippen LogP contribution in [0, 0.1) is 5.82 Å². The molecule has 3 amide bonds. The summed E-state index contributed by atoms with van der Waals surface area (Å²) in [5.41, 5.74) is 6.22. The van der Waals surface area contributed by atoms with Crippen molar-refractivity contribution in [2.75, 3.05) is 11.4 Å². The van der Waals surface area contributed by atoms with Crippen molar-refractivity contribution in [3.05, 3.63) is 41.7 Å². The maximum Gasteiger partial charge on any atom is 0.332 e. The number of nitrogens with one attached hydrogen (secondary N) is 1. The fraction of sp³-hybridized carbons (Fsp3) is 0.0769. The summed E-state index contributed by atoms with van der Waals surface area (Å²) >= 11 is 5.23. The minimum atomic E-state index is -0.669. The Labute approximate surface area is 130 Å². The zero-order valence-electron chi connectivity index (χ0n) is 11.0. The second-order valence-corrected chi connectivity index (χ2v) is 5.50. The molecule has 0 saturated carbocycles. The van der Waals surface area contributed by atoms with E-state index in [1.165, 1.54) is 19.2 Å². The standard InChI is InChI=1S/C13H12FN3O2S2/c1-16-13(19)17(20)12-9(11(15)18)6-10(21-12)7-2-4-8(14)5-3-7/h2-6,20H,1H3,(H2,15,18)(H,16,19). The van der Waals surface area contributed by atoms with Gasteiger partial charge in [0.05, 0.1) is 5.56 Å². The molecule has 1 heterocycles. The van der Waals surface area contributed by atoms with Gasteiger partial charge in [0.2, 0.25) is 0 Å². The number of primary amides is 1. The van der Waals surface area contributed by atoms with Gasteiger partial charge in [0.15, 0.2) is 0 Å². The molecule has 2 rings (SSSR count). The highest BCUT2D eigenvalue weighted by Crippen LogP contribution is 2.38. The Morgan fingerprint density at radius 1 is 1.33 bits per heavy atom. The molecule has 2 aromatic rings. The van der Waals surface area contributed by atoms with Crippen LogP contribution in [0.3, 0.4) is 0 Å². The van der Waals surface area contributed by atoms with Crippen LogP contribution in [0.25, 0.3) is 10.4 Å². The Bertz CT molecular complexity index is 685. The first-order valence-electron chi connectivity index (χ1n) is 5.84. The van der Waals surface area contributed by atoms with E-state index in [-0.39, 0.29) is 11.4 Å². The Kier molecular flexibility index (Phi) is 4.49. The molecule has 110 valence electrons. The summed E-state index contributed by atoms with van der Waals surface area (Å²) < 4.78 is 14.0. The van der Waals surface area contributed by atoms with Gasteiger partial charge in [-0.1, -0.05) is 24.9 Å². The van der Waals surface area contributed by atoms with E-state index in [9.17, 15) is 14.0 Å². The summed E-state index contributed by atoms with van der Waals surface area (Å²) in [5, 5.41) is 2.71. The van der Waals surface area contributed by atoms with Gasteiger partial charge in [-0.05, 0) is 23.8 Å². The normalized spacial score (nSPS) is 10.2. The second-order valence-electron chi connectivity index (χ2n) is 4.07. The van der Waals surface area contributed by atoms with E-state index in [4.69, 9.17) is 5.73 Å². The average Bonchev–Trinajstić information content (AvgIpc) is 2.91. The Balaban J connectivity index is 2.49. The molecule has 8 heteroatoms. The summed E-state index contributed by atoms with van der Waals surface area (Å²) in [4.78, 5) is 23.8. The van der Waals surface area contributed by atoms with Gasteiger partial charge >= 0.3 is 6.03 Å². The molecule has 0 aliphatic heterocycles. The molecule has 1 aromatic heterocycles. The Morgan fingerprint density at radius 3 is 2.48 bits per heavy atom. The molecular weight excluding hydrogens is 313 g/mol. The Morgan fingerprint density at radius 2 is 1.95 bits per heavy atom. The number of halogens is 1. The van der Waals surface area contributed by atoms with E-state index in [1.54, 1.807) is 18.2 Å². The highest BCUT2D eigenvalue weighted by atomic mass is 32.1. The van der Waals surface area contributed by atoms with Gasteiger partial charge < -0.3 is 11.1 Å². The molecule has 0 saturated heterocycles. The average molecular weight is 325 g/mol. The number of carbonyl (C=O) groups is 2. The van der Waals surface area contributed by atoms with Gasteiger partial charge in [0.1, 0.15) is 10.8 Å². The van der Waals surface area contributed by atoms with Crippen molar-refractivity contribution in [1.82, 2.24) is 5.32 Å². The molecule has 3 N–H and O–H groups in total. The maximum absolute atomic E-state index is 13.0. The first-order chi connectivity index (χ1) is 9.93. The molecule has 21 heavy (non-hydrogen) atoms. The molecule has 0 fully saturated rings. The lowest BCUT2D eigenvalue weighted by Gasteiger charge is -2.13. The summed E-state index contributed by atoms with van der Waals surface area (Å²) in [5.74, 6) is -1.02. The quantitative estimate of drug-likeness (QED) is 0.759. The number of urea groups is 1. The van der Waals surface area contributed by atoms with Crippen molar-refractivity contribution in [3.8, 4) is 10.4 Å². The van der Waals surface area contributed by atoms with Crippen LogP contribution in [0.5, 0.6) is 0 Å². The Hall–Kier alpha value is -2.06. The first kappa shape index (κ1) is 15.3. The molecule has 5 nitrogen and oxygen atoms in total. The van der Waals surface area contributed by atoms with Gasteiger partial charge in [0, 0.05) is 11.9 Å². The van der Waals surface area contributed by atoms with Crippen molar-refractivity contribution in [2.45, 2.75) is 0 Å². The van der Waals surface area contributed by atoms with Crippen LogP contribution in [-0.2, 0) is 0 Å². The topological polar surface area (TPSA) is 75.4 Å². The number of nitrogens with zero attached hydrogens (tertiary/aromatic N) is 1. The molecule has 0 bridgehead atoms. The van der Waals surface area contributed by atoms with Crippen molar-refractivity contribution < 1.29 is 14.0 Å². The van der Waals surface area contributed by atoms with E-state index >= 15 is 0 Å².